The fourth-order valence-electron chi connectivity index (χ4n) is 1.44. The molecule has 1 atom stereocenters. The second-order valence-electron chi connectivity index (χ2n) is 5.60. The van der Waals surface area contributed by atoms with Crippen molar-refractivity contribution in [3.05, 3.63) is 0 Å². The number of nitrogens with two attached hydrogens (primary N) is 1. The summed E-state index contributed by atoms with van der Waals surface area (Å²) in [6.45, 7) is 9.85. The third kappa shape index (κ3) is 6.94. The highest BCUT2D eigenvalue weighted by atomic mass is 16.2. The first kappa shape index (κ1) is 15.9. The van der Waals surface area contributed by atoms with Gasteiger partial charge >= 0.3 is 0 Å². The van der Waals surface area contributed by atoms with Crippen LogP contribution in [0.5, 0.6) is 0 Å². The number of carbonyl (C=O) groups excluding carboxylic acids is 2. The normalized spacial score (nSPS) is 13.4. The lowest BCUT2D eigenvalue weighted by Gasteiger charge is -2.22. The average molecular weight is 243 g/mol. The Labute approximate surface area is 104 Å². The van der Waals surface area contributed by atoms with E-state index in [2.05, 4.69) is 10.6 Å². The molecule has 17 heavy (non-hydrogen) atoms. The van der Waals surface area contributed by atoms with E-state index >= 15 is 0 Å². The van der Waals surface area contributed by atoms with Gasteiger partial charge in [-0.1, -0.05) is 13.8 Å². The molecule has 5 nitrogen and oxygen atoms in total. The summed E-state index contributed by atoms with van der Waals surface area (Å²) in [6.07, 6.45) is 0. The van der Waals surface area contributed by atoms with E-state index in [1.54, 1.807) is 0 Å². The topological polar surface area (TPSA) is 84.2 Å². The molecule has 0 spiro atoms. The van der Waals surface area contributed by atoms with Gasteiger partial charge in [0.25, 0.3) is 0 Å². The van der Waals surface area contributed by atoms with Gasteiger partial charge in [-0.3, -0.25) is 9.59 Å². The number of hydrogen-bond acceptors (Lipinski definition) is 3. The van der Waals surface area contributed by atoms with E-state index < -0.39 is 0 Å². The van der Waals surface area contributed by atoms with Crippen molar-refractivity contribution in [3.8, 4) is 0 Å². The van der Waals surface area contributed by atoms with Crippen LogP contribution in [0.4, 0.5) is 0 Å². The molecular weight excluding hydrogens is 218 g/mol. The van der Waals surface area contributed by atoms with Crippen molar-refractivity contribution in [2.75, 3.05) is 13.1 Å². The standard InChI is InChI=1S/C12H25N3O2/c1-8(2)9(6-13)11(17)14-7-10(16)15-12(3,4)5/h8-9H,6-7,13H2,1-5H3,(H,14,17)(H,15,16). The van der Waals surface area contributed by atoms with E-state index in [1.807, 2.05) is 34.6 Å². The zero-order chi connectivity index (χ0) is 13.6. The molecule has 0 aliphatic heterocycles. The number of hydrogen-bond donors (Lipinski definition) is 3. The lowest BCUT2D eigenvalue weighted by molar-refractivity contribution is -0.129. The van der Waals surface area contributed by atoms with Gasteiger partial charge < -0.3 is 16.4 Å². The molecule has 0 rings (SSSR count). The van der Waals surface area contributed by atoms with Crippen LogP contribution in [0.25, 0.3) is 0 Å². The molecular formula is C12H25N3O2. The molecule has 0 radical (unpaired) electrons. The van der Waals surface area contributed by atoms with E-state index in [9.17, 15) is 9.59 Å². The van der Waals surface area contributed by atoms with Gasteiger partial charge in [-0.05, 0) is 26.7 Å². The van der Waals surface area contributed by atoms with Crippen molar-refractivity contribution < 1.29 is 9.59 Å². The monoisotopic (exact) mass is 243 g/mol. The minimum atomic E-state index is -0.285. The Morgan fingerprint density at radius 1 is 1.24 bits per heavy atom. The van der Waals surface area contributed by atoms with E-state index in [4.69, 9.17) is 5.73 Å². The molecule has 1 unspecified atom stereocenters. The lowest BCUT2D eigenvalue weighted by atomic mass is 9.95. The van der Waals surface area contributed by atoms with Crippen molar-refractivity contribution in [1.82, 2.24) is 10.6 Å². The largest absolute Gasteiger partial charge is 0.350 e. The molecule has 0 bridgehead atoms. The van der Waals surface area contributed by atoms with Crippen molar-refractivity contribution in [3.63, 3.8) is 0 Å². The highest BCUT2D eigenvalue weighted by molar-refractivity contribution is 5.86. The quantitative estimate of drug-likeness (QED) is 0.647. The van der Waals surface area contributed by atoms with Gasteiger partial charge in [0.2, 0.25) is 11.8 Å². The fourth-order valence-corrected chi connectivity index (χ4v) is 1.44. The van der Waals surface area contributed by atoms with Gasteiger partial charge in [0.15, 0.2) is 0 Å². The summed E-state index contributed by atoms with van der Waals surface area (Å²) in [5.74, 6) is -0.417. The van der Waals surface area contributed by atoms with Crippen LogP contribution in [0.2, 0.25) is 0 Å². The molecule has 0 saturated carbocycles. The number of amides is 2. The third-order valence-electron chi connectivity index (χ3n) is 2.33. The van der Waals surface area contributed by atoms with E-state index in [1.165, 1.54) is 0 Å². The highest BCUT2D eigenvalue weighted by Crippen LogP contribution is 2.08. The zero-order valence-corrected chi connectivity index (χ0v) is 11.5. The van der Waals surface area contributed by atoms with Crippen LogP contribution in [0.15, 0.2) is 0 Å². The summed E-state index contributed by atoms with van der Waals surface area (Å²) in [6, 6.07) is 0. The summed E-state index contributed by atoms with van der Waals surface area (Å²) in [5.41, 5.74) is 5.24. The van der Waals surface area contributed by atoms with Crippen LogP contribution in [-0.4, -0.2) is 30.4 Å². The van der Waals surface area contributed by atoms with Crippen LogP contribution in [0.1, 0.15) is 34.6 Å². The zero-order valence-electron chi connectivity index (χ0n) is 11.5. The maximum atomic E-state index is 11.7. The molecule has 0 aromatic heterocycles. The summed E-state index contributed by atoms with van der Waals surface area (Å²) >= 11 is 0. The molecule has 5 heteroatoms. The van der Waals surface area contributed by atoms with Gasteiger partial charge in [-0.2, -0.15) is 0 Å². The highest BCUT2D eigenvalue weighted by Gasteiger charge is 2.21. The number of rotatable bonds is 5. The Kier molecular flexibility index (Phi) is 6.16. The Bertz CT molecular complexity index is 269. The van der Waals surface area contributed by atoms with Crippen LogP contribution in [0, 0.1) is 11.8 Å². The van der Waals surface area contributed by atoms with Crippen molar-refractivity contribution in [1.29, 1.82) is 0 Å². The summed E-state index contributed by atoms with van der Waals surface area (Å²) in [5, 5.41) is 5.38. The van der Waals surface area contributed by atoms with Crippen LogP contribution >= 0.6 is 0 Å². The molecule has 0 heterocycles. The van der Waals surface area contributed by atoms with Gasteiger partial charge in [0.1, 0.15) is 0 Å². The van der Waals surface area contributed by atoms with Crippen molar-refractivity contribution >= 4 is 11.8 Å². The third-order valence-corrected chi connectivity index (χ3v) is 2.33. The Morgan fingerprint density at radius 2 is 1.76 bits per heavy atom. The second-order valence-corrected chi connectivity index (χ2v) is 5.60. The summed E-state index contributed by atoms with van der Waals surface area (Å²) in [7, 11) is 0. The van der Waals surface area contributed by atoms with Gasteiger partial charge in [-0.25, -0.2) is 0 Å². The number of carbonyl (C=O) groups is 2. The average Bonchev–Trinajstić information content (AvgIpc) is 2.12. The number of nitrogens with one attached hydrogen (secondary N) is 2. The summed E-state index contributed by atoms with van der Waals surface area (Å²) < 4.78 is 0. The molecule has 0 aromatic rings. The van der Waals surface area contributed by atoms with Gasteiger partial charge in [-0.15, -0.1) is 0 Å². The smallest absolute Gasteiger partial charge is 0.239 e. The van der Waals surface area contributed by atoms with Gasteiger partial charge in [0.05, 0.1) is 12.5 Å². The molecule has 0 aliphatic carbocycles. The van der Waals surface area contributed by atoms with Crippen LogP contribution in [-0.2, 0) is 9.59 Å². The van der Waals surface area contributed by atoms with Crippen molar-refractivity contribution in [2.45, 2.75) is 40.2 Å². The Morgan fingerprint density at radius 3 is 2.12 bits per heavy atom. The molecule has 2 amide bonds. The molecule has 100 valence electrons. The molecule has 0 saturated heterocycles. The Balaban J connectivity index is 4.11. The fraction of sp³-hybridized carbons (Fsp3) is 0.833. The van der Waals surface area contributed by atoms with E-state index in [0.29, 0.717) is 6.54 Å². The molecule has 4 N–H and O–H groups in total. The SMILES string of the molecule is CC(C)C(CN)C(=O)NCC(=O)NC(C)(C)C. The van der Waals surface area contributed by atoms with Crippen LogP contribution in [0.3, 0.4) is 0 Å². The lowest BCUT2D eigenvalue weighted by Crippen LogP contribution is -2.47. The first-order valence-electron chi connectivity index (χ1n) is 5.96. The van der Waals surface area contributed by atoms with Crippen LogP contribution < -0.4 is 16.4 Å². The molecule has 0 aliphatic rings. The Hall–Kier alpha value is -1.10. The first-order chi connectivity index (χ1) is 7.67. The minimum Gasteiger partial charge on any atom is -0.350 e. The maximum absolute atomic E-state index is 11.7. The van der Waals surface area contributed by atoms with Gasteiger partial charge in [0, 0.05) is 12.1 Å². The maximum Gasteiger partial charge on any atom is 0.239 e. The molecule has 0 fully saturated rings. The summed E-state index contributed by atoms with van der Waals surface area (Å²) in [4.78, 5) is 23.2. The second kappa shape index (κ2) is 6.59. The van der Waals surface area contributed by atoms with E-state index in [-0.39, 0.29) is 35.7 Å². The van der Waals surface area contributed by atoms with E-state index in [0.717, 1.165) is 0 Å². The van der Waals surface area contributed by atoms with Crippen molar-refractivity contribution in [2.24, 2.45) is 17.6 Å². The molecule has 0 aromatic carbocycles. The predicted octanol–water partition coefficient (Wildman–Crippen LogP) is 0.248. The minimum absolute atomic E-state index is 0.000671. The first-order valence-corrected chi connectivity index (χ1v) is 5.96. The predicted molar refractivity (Wildman–Crippen MR) is 68.3 cm³/mol.